The summed E-state index contributed by atoms with van der Waals surface area (Å²) in [5.74, 6) is 3.10. The first-order valence-corrected chi connectivity index (χ1v) is 11.7. The molecular weight excluding hydrogens is 380 g/mol. The first-order valence-electron chi connectivity index (χ1n) is 11.2. The van der Waals surface area contributed by atoms with Crippen LogP contribution in [-0.2, 0) is 12.8 Å². The van der Waals surface area contributed by atoms with E-state index >= 15 is 0 Å². The van der Waals surface area contributed by atoms with Crippen LogP contribution < -0.4 is 0 Å². The van der Waals surface area contributed by atoms with Crippen LogP contribution in [0.1, 0.15) is 66.7 Å². The second-order valence-corrected chi connectivity index (χ2v) is 10.2. The third kappa shape index (κ3) is 3.11. The minimum atomic E-state index is -0.187. The highest BCUT2D eigenvalue weighted by atomic mass is 35.5. The maximum Gasteiger partial charge on any atom is 0.115 e. The van der Waals surface area contributed by atoms with Crippen molar-refractivity contribution in [3.05, 3.63) is 64.7 Å². The van der Waals surface area contributed by atoms with Crippen LogP contribution >= 0.6 is 11.6 Å². The quantitative estimate of drug-likeness (QED) is 0.629. The van der Waals surface area contributed by atoms with Gasteiger partial charge in [-0.25, -0.2) is 0 Å². The second kappa shape index (κ2) is 7.32. The number of aryl methyl sites for hydroxylation is 2. The van der Waals surface area contributed by atoms with Crippen LogP contribution in [0.5, 0.6) is 5.75 Å². The molecule has 0 unspecified atom stereocenters. The van der Waals surface area contributed by atoms with Gasteiger partial charge in [-0.15, -0.1) is 11.6 Å². The fraction of sp³-hybridized carbons (Fsp3) is 0.538. The smallest absolute Gasteiger partial charge is 0.115 e. The SMILES string of the molecule is C[C@]12C[C@H](c3ccc(CCCl)cc3)[C@@H]3c4ccc(O)cc4CC[C@H]3[C@@H]1CC[C@@H]2O. The Kier molecular flexibility index (Phi) is 4.91. The van der Waals surface area contributed by atoms with E-state index in [1.54, 1.807) is 0 Å². The standard InChI is InChI=1S/C26H31ClO2/c1-26-15-22(17-4-2-16(3-5-17)12-13-27)25-20-9-7-19(28)14-18(20)6-8-21(25)23(26)10-11-24(26)29/h2-5,7,9,14,21-25,28-29H,6,8,10-13,15H2,1H3/t21-,22+,23-,24-,25+,26-/m0/s1. The zero-order valence-corrected chi connectivity index (χ0v) is 17.9. The topological polar surface area (TPSA) is 40.5 Å². The molecule has 2 aromatic carbocycles. The van der Waals surface area contributed by atoms with Crippen molar-refractivity contribution in [2.24, 2.45) is 17.3 Å². The summed E-state index contributed by atoms with van der Waals surface area (Å²) in [7, 11) is 0. The van der Waals surface area contributed by atoms with E-state index in [2.05, 4.69) is 37.3 Å². The van der Waals surface area contributed by atoms with E-state index in [4.69, 9.17) is 11.6 Å². The zero-order chi connectivity index (χ0) is 20.2. The number of phenols is 1. The molecule has 2 fully saturated rings. The molecule has 2 saturated carbocycles. The number of aromatic hydroxyl groups is 1. The molecule has 0 saturated heterocycles. The summed E-state index contributed by atoms with van der Waals surface area (Å²) in [5.41, 5.74) is 5.43. The van der Waals surface area contributed by atoms with Gasteiger partial charge in [0.05, 0.1) is 6.10 Å². The molecule has 29 heavy (non-hydrogen) atoms. The number of hydrogen-bond donors (Lipinski definition) is 2. The van der Waals surface area contributed by atoms with E-state index in [0.29, 0.717) is 35.3 Å². The Labute approximate surface area is 178 Å². The molecule has 3 heteroatoms. The van der Waals surface area contributed by atoms with Crippen molar-refractivity contribution in [2.45, 2.75) is 63.4 Å². The summed E-state index contributed by atoms with van der Waals surface area (Å²) in [6, 6.07) is 15.1. The van der Waals surface area contributed by atoms with Crippen molar-refractivity contribution in [3.8, 4) is 5.75 Å². The minimum Gasteiger partial charge on any atom is -0.508 e. The number of benzene rings is 2. The largest absolute Gasteiger partial charge is 0.508 e. The number of halogens is 1. The van der Waals surface area contributed by atoms with Gasteiger partial charge in [0.15, 0.2) is 0 Å². The van der Waals surface area contributed by atoms with E-state index in [1.165, 1.54) is 22.3 Å². The molecule has 3 aliphatic carbocycles. The van der Waals surface area contributed by atoms with Gasteiger partial charge in [-0.2, -0.15) is 0 Å². The Morgan fingerprint density at radius 2 is 1.86 bits per heavy atom. The predicted molar refractivity (Wildman–Crippen MR) is 118 cm³/mol. The molecule has 0 amide bonds. The van der Waals surface area contributed by atoms with Crippen molar-refractivity contribution in [1.29, 1.82) is 0 Å². The first kappa shape index (κ1) is 19.5. The molecule has 0 bridgehead atoms. The van der Waals surface area contributed by atoms with E-state index in [0.717, 1.165) is 38.5 Å². The van der Waals surface area contributed by atoms with Gasteiger partial charge in [0, 0.05) is 5.88 Å². The van der Waals surface area contributed by atoms with Gasteiger partial charge in [-0.05, 0) is 102 Å². The van der Waals surface area contributed by atoms with Gasteiger partial charge in [-0.3, -0.25) is 0 Å². The number of phenolic OH excluding ortho intramolecular Hbond substituents is 1. The number of aliphatic hydroxyl groups excluding tert-OH is 1. The Morgan fingerprint density at radius 1 is 1.07 bits per heavy atom. The third-order valence-corrected chi connectivity index (χ3v) is 8.64. The van der Waals surface area contributed by atoms with Gasteiger partial charge in [0.2, 0.25) is 0 Å². The molecule has 5 rings (SSSR count). The summed E-state index contributed by atoms with van der Waals surface area (Å²) in [6.45, 7) is 2.34. The lowest BCUT2D eigenvalue weighted by Gasteiger charge is -2.54. The Morgan fingerprint density at radius 3 is 2.62 bits per heavy atom. The number of hydrogen-bond acceptors (Lipinski definition) is 2. The van der Waals surface area contributed by atoms with Crippen LogP contribution in [0.25, 0.3) is 0 Å². The number of aliphatic hydroxyl groups is 1. The van der Waals surface area contributed by atoms with Crippen LogP contribution in [0.3, 0.4) is 0 Å². The zero-order valence-electron chi connectivity index (χ0n) is 17.2. The predicted octanol–water partition coefficient (Wildman–Crippen LogP) is 5.78. The molecule has 6 atom stereocenters. The summed E-state index contributed by atoms with van der Waals surface area (Å²) < 4.78 is 0. The molecule has 0 aliphatic heterocycles. The fourth-order valence-electron chi connectivity index (χ4n) is 7.03. The lowest BCUT2D eigenvalue weighted by atomic mass is 9.51. The number of rotatable bonds is 3. The molecule has 2 N–H and O–H groups in total. The molecule has 154 valence electrons. The van der Waals surface area contributed by atoms with Crippen molar-refractivity contribution in [3.63, 3.8) is 0 Å². The molecular formula is C26H31ClO2. The van der Waals surface area contributed by atoms with Gasteiger partial charge < -0.3 is 10.2 Å². The first-order chi connectivity index (χ1) is 14.0. The maximum absolute atomic E-state index is 10.9. The van der Waals surface area contributed by atoms with Crippen molar-refractivity contribution in [1.82, 2.24) is 0 Å². The van der Waals surface area contributed by atoms with Crippen molar-refractivity contribution >= 4 is 11.6 Å². The number of fused-ring (bicyclic) bond motifs is 5. The molecule has 3 aliphatic rings. The van der Waals surface area contributed by atoms with Gasteiger partial charge in [0.25, 0.3) is 0 Å². The highest BCUT2D eigenvalue weighted by molar-refractivity contribution is 6.17. The molecule has 0 heterocycles. The normalized spacial score (nSPS) is 35.6. The van der Waals surface area contributed by atoms with Crippen LogP contribution in [0.2, 0.25) is 0 Å². The fourth-order valence-corrected chi connectivity index (χ4v) is 7.25. The van der Waals surface area contributed by atoms with Gasteiger partial charge in [-0.1, -0.05) is 37.3 Å². The van der Waals surface area contributed by atoms with Crippen LogP contribution in [-0.4, -0.2) is 22.2 Å². The molecule has 0 spiro atoms. The lowest BCUT2D eigenvalue weighted by molar-refractivity contribution is -0.0322. The van der Waals surface area contributed by atoms with E-state index in [-0.39, 0.29) is 11.5 Å². The van der Waals surface area contributed by atoms with Crippen LogP contribution in [0, 0.1) is 17.3 Å². The highest BCUT2D eigenvalue weighted by Crippen LogP contribution is 2.65. The maximum atomic E-state index is 10.9. The Balaban J connectivity index is 1.60. The van der Waals surface area contributed by atoms with Gasteiger partial charge >= 0.3 is 0 Å². The third-order valence-electron chi connectivity index (χ3n) is 8.45. The number of alkyl halides is 1. The van der Waals surface area contributed by atoms with Crippen LogP contribution in [0.4, 0.5) is 0 Å². The molecule has 2 nitrogen and oxygen atoms in total. The Bertz CT molecular complexity index is 892. The Hall–Kier alpha value is -1.51. The minimum absolute atomic E-state index is 0.00899. The summed E-state index contributed by atoms with van der Waals surface area (Å²) in [4.78, 5) is 0. The molecule has 0 aromatic heterocycles. The lowest BCUT2D eigenvalue weighted by Crippen LogP contribution is -2.47. The average Bonchev–Trinajstić information content (AvgIpc) is 3.02. The molecule has 2 aromatic rings. The second-order valence-electron chi connectivity index (χ2n) is 9.81. The van der Waals surface area contributed by atoms with Crippen molar-refractivity contribution in [2.75, 3.05) is 5.88 Å². The van der Waals surface area contributed by atoms with E-state index in [9.17, 15) is 10.2 Å². The van der Waals surface area contributed by atoms with E-state index < -0.39 is 0 Å². The monoisotopic (exact) mass is 410 g/mol. The van der Waals surface area contributed by atoms with E-state index in [1.807, 2.05) is 12.1 Å². The van der Waals surface area contributed by atoms with Crippen molar-refractivity contribution < 1.29 is 10.2 Å². The van der Waals surface area contributed by atoms with Crippen LogP contribution in [0.15, 0.2) is 42.5 Å². The highest BCUT2D eigenvalue weighted by Gasteiger charge is 2.57. The van der Waals surface area contributed by atoms with Gasteiger partial charge in [0.1, 0.15) is 5.75 Å². The summed E-state index contributed by atoms with van der Waals surface area (Å²) >= 11 is 5.93. The average molecular weight is 411 g/mol. The molecule has 0 radical (unpaired) electrons. The summed E-state index contributed by atoms with van der Waals surface area (Å²) in [5, 5.41) is 21.0. The summed E-state index contributed by atoms with van der Waals surface area (Å²) in [6.07, 6.45) is 6.03.